The van der Waals surface area contributed by atoms with Crippen LogP contribution in [0.5, 0.6) is 0 Å². The number of nitrogens with zero attached hydrogens (tertiary/aromatic N) is 1. The van der Waals surface area contributed by atoms with E-state index < -0.39 is 16.1 Å². The zero-order valence-electron chi connectivity index (χ0n) is 15.3. The van der Waals surface area contributed by atoms with Gasteiger partial charge in [0.15, 0.2) is 0 Å². The number of sulfonamides is 1. The molecule has 0 spiro atoms. The van der Waals surface area contributed by atoms with Crippen molar-refractivity contribution in [1.29, 1.82) is 0 Å². The van der Waals surface area contributed by atoms with Crippen LogP contribution in [-0.4, -0.2) is 26.6 Å². The SMILES string of the molecule is CCC(C(=O)Nc1cc(C)cc(C)c1)N(c1ccc(Cl)cc1)S(C)(=O)=O. The van der Waals surface area contributed by atoms with Crippen molar-refractivity contribution in [3.05, 3.63) is 58.6 Å². The minimum atomic E-state index is -3.67. The van der Waals surface area contributed by atoms with E-state index in [1.165, 1.54) is 0 Å². The van der Waals surface area contributed by atoms with Gasteiger partial charge in [0.25, 0.3) is 0 Å². The molecule has 2 aromatic rings. The van der Waals surface area contributed by atoms with Crippen molar-refractivity contribution in [2.24, 2.45) is 0 Å². The standard InChI is InChI=1S/C19H23ClN2O3S/c1-5-18(19(23)21-16-11-13(2)10-14(3)12-16)22(26(4,24)25)17-8-6-15(20)7-9-17/h6-12,18H,5H2,1-4H3,(H,21,23). The first-order valence-electron chi connectivity index (χ1n) is 8.26. The number of hydrogen-bond acceptors (Lipinski definition) is 3. The number of carbonyl (C=O) groups excluding carboxylic acids is 1. The maximum absolute atomic E-state index is 12.9. The highest BCUT2D eigenvalue weighted by molar-refractivity contribution is 7.92. The second-order valence-electron chi connectivity index (χ2n) is 6.32. The number of anilines is 2. The van der Waals surface area contributed by atoms with E-state index in [9.17, 15) is 13.2 Å². The number of halogens is 1. The van der Waals surface area contributed by atoms with Gasteiger partial charge in [-0.15, -0.1) is 0 Å². The Morgan fingerprint density at radius 2 is 1.65 bits per heavy atom. The Bertz CT molecular complexity index is 875. The molecule has 1 atom stereocenters. The lowest BCUT2D eigenvalue weighted by atomic mass is 10.1. The third-order valence-electron chi connectivity index (χ3n) is 3.90. The summed E-state index contributed by atoms with van der Waals surface area (Å²) in [5, 5.41) is 3.33. The van der Waals surface area contributed by atoms with Gasteiger partial charge in [-0.1, -0.05) is 24.6 Å². The first-order chi connectivity index (χ1) is 12.1. The molecular weight excluding hydrogens is 372 g/mol. The Hall–Kier alpha value is -2.05. The van der Waals surface area contributed by atoms with Gasteiger partial charge >= 0.3 is 0 Å². The molecule has 0 aliphatic rings. The quantitative estimate of drug-likeness (QED) is 0.800. The van der Waals surface area contributed by atoms with E-state index in [-0.39, 0.29) is 5.91 Å². The predicted molar refractivity (Wildman–Crippen MR) is 107 cm³/mol. The molecule has 0 saturated heterocycles. The zero-order valence-corrected chi connectivity index (χ0v) is 16.9. The number of benzene rings is 2. The van der Waals surface area contributed by atoms with E-state index in [1.807, 2.05) is 32.0 Å². The fourth-order valence-corrected chi connectivity index (χ4v) is 4.26. The van der Waals surface area contributed by atoms with E-state index in [0.717, 1.165) is 21.7 Å². The summed E-state index contributed by atoms with van der Waals surface area (Å²) in [6.45, 7) is 5.66. The summed E-state index contributed by atoms with van der Waals surface area (Å²) in [6, 6.07) is 11.2. The minimum absolute atomic E-state index is 0.326. The summed E-state index contributed by atoms with van der Waals surface area (Å²) in [6.07, 6.45) is 1.42. The normalized spacial score (nSPS) is 12.5. The molecule has 0 aliphatic carbocycles. The van der Waals surface area contributed by atoms with Crippen molar-refractivity contribution in [2.75, 3.05) is 15.9 Å². The highest BCUT2D eigenvalue weighted by Crippen LogP contribution is 2.25. The van der Waals surface area contributed by atoms with E-state index in [0.29, 0.717) is 22.8 Å². The number of rotatable bonds is 6. The first kappa shape index (κ1) is 20.3. The lowest BCUT2D eigenvalue weighted by Gasteiger charge is -2.30. The van der Waals surface area contributed by atoms with Gasteiger partial charge in [0.2, 0.25) is 15.9 Å². The molecule has 0 aromatic heterocycles. The Balaban J connectivity index is 2.37. The maximum Gasteiger partial charge on any atom is 0.248 e. The molecule has 1 unspecified atom stereocenters. The Morgan fingerprint density at radius 3 is 2.12 bits per heavy atom. The van der Waals surface area contributed by atoms with Crippen molar-refractivity contribution in [2.45, 2.75) is 33.2 Å². The zero-order chi connectivity index (χ0) is 19.5. The lowest BCUT2D eigenvalue weighted by molar-refractivity contribution is -0.117. The molecule has 26 heavy (non-hydrogen) atoms. The summed E-state index contributed by atoms with van der Waals surface area (Å²) in [5.74, 6) is -0.377. The first-order valence-corrected chi connectivity index (χ1v) is 10.5. The van der Waals surface area contributed by atoms with Crippen LogP contribution in [0.1, 0.15) is 24.5 Å². The lowest BCUT2D eigenvalue weighted by Crippen LogP contribution is -2.47. The summed E-state index contributed by atoms with van der Waals surface area (Å²) < 4.78 is 25.9. The smallest absolute Gasteiger partial charge is 0.248 e. The molecule has 7 heteroatoms. The second-order valence-corrected chi connectivity index (χ2v) is 8.62. The van der Waals surface area contributed by atoms with Gasteiger partial charge in [-0.25, -0.2) is 8.42 Å². The molecule has 0 fully saturated rings. The molecular formula is C19H23ClN2O3S. The molecule has 2 rings (SSSR count). The van der Waals surface area contributed by atoms with Gasteiger partial charge in [0.1, 0.15) is 6.04 Å². The molecule has 2 aromatic carbocycles. The number of hydrogen-bond donors (Lipinski definition) is 1. The van der Waals surface area contributed by atoms with Gasteiger partial charge in [0.05, 0.1) is 11.9 Å². The number of amides is 1. The van der Waals surface area contributed by atoms with Gasteiger partial charge in [-0.05, 0) is 67.8 Å². The van der Waals surface area contributed by atoms with Crippen LogP contribution >= 0.6 is 11.6 Å². The Kier molecular flexibility index (Phi) is 6.31. The van der Waals surface area contributed by atoms with Gasteiger partial charge in [-0.2, -0.15) is 0 Å². The molecule has 1 amide bonds. The predicted octanol–water partition coefficient (Wildman–Crippen LogP) is 4.14. The van der Waals surface area contributed by atoms with Gasteiger partial charge < -0.3 is 5.32 Å². The third kappa shape index (κ3) is 4.99. The summed E-state index contributed by atoms with van der Waals surface area (Å²) in [7, 11) is -3.67. The largest absolute Gasteiger partial charge is 0.324 e. The van der Waals surface area contributed by atoms with Crippen molar-refractivity contribution in [3.8, 4) is 0 Å². The molecule has 140 valence electrons. The van der Waals surface area contributed by atoms with Crippen LogP contribution in [-0.2, 0) is 14.8 Å². The molecule has 1 N–H and O–H groups in total. The molecule has 0 heterocycles. The van der Waals surface area contributed by atoms with Gasteiger partial charge in [0, 0.05) is 10.7 Å². The van der Waals surface area contributed by atoms with Crippen molar-refractivity contribution in [3.63, 3.8) is 0 Å². The van der Waals surface area contributed by atoms with Crippen LogP contribution in [0.2, 0.25) is 5.02 Å². The van der Waals surface area contributed by atoms with Crippen LogP contribution < -0.4 is 9.62 Å². The third-order valence-corrected chi connectivity index (χ3v) is 5.33. The van der Waals surface area contributed by atoms with Crippen LogP contribution in [0, 0.1) is 13.8 Å². The Labute approximate surface area is 160 Å². The average molecular weight is 395 g/mol. The molecule has 0 aliphatic heterocycles. The molecule has 5 nitrogen and oxygen atoms in total. The topological polar surface area (TPSA) is 66.5 Å². The number of aryl methyl sites for hydroxylation is 2. The van der Waals surface area contributed by atoms with Crippen LogP contribution in [0.15, 0.2) is 42.5 Å². The van der Waals surface area contributed by atoms with Gasteiger partial charge in [-0.3, -0.25) is 9.10 Å². The maximum atomic E-state index is 12.9. The average Bonchev–Trinajstić information content (AvgIpc) is 2.51. The number of nitrogens with one attached hydrogen (secondary N) is 1. The van der Waals surface area contributed by atoms with Crippen molar-refractivity contribution >= 4 is 38.9 Å². The van der Waals surface area contributed by atoms with E-state index >= 15 is 0 Å². The highest BCUT2D eigenvalue weighted by atomic mass is 35.5. The molecule has 0 bridgehead atoms. The van der Waals surface area contributed by atoms with Crippen LogP contribution in [0.4, 0.5) is 11.4 Å². The van der Waals surface area contributed by atoms with Crippen molar-refractivity contribution in [1.82, 2.24) is 0 Å². The second kappa shape index (κ2) is 8.10. The van der Waals surface area contributed by atoms with E-state index in [4.69, 9.17) is 11.6 Å². The monoisotopic (exact) mass is 394 g/mol. The van der Waals surface area contributed by atoms with Crippen LogP contribution in [0.3, 0.4) is 0 Å². The summed E-state index contributed by atoms with van der Waals surface area (Å²) >= 11 is 5.90. The van der Waals surface area contributed by atoms with E-state index in [1.54, 1.807) is 31.2 Å². The fraction of sp³-hybridized carbons (Fsp3) is 0.316. The molecule has 0 saturated carbocycles. The number of carbonyl (C=O) groups is 1. The summed E-state index contributed by atoms with van der Waals surface area (Å²) in [5.41, 5.74) is 3.09. The molecule has 0 radical (unpaired) electrons. The Morgan fingerprint density at radius 1 is 1.12 bits per heavy atom. The van der Waals surface area contributed by atoms with Crippen LogP contribution in [0.25, 0.3) is 0 Å². The minimum Gasteiger partial charge on any atom is -0.324 e. The fourth-order valence-electron chi connectivity index (χ4n) is 2.92. The summed E-state index contributed by atoms with van der Waals surface area (Å²) in [4.78, 5) is 12.9. The highest BCUT2D eigenvalue weighted by Gasteiger charge is 2.31. The van der Waals surface area contributed by atoms with Crippen molar-refractivity contribution < 1.29 is 13.2 Å². The van der Waals surface area contributed by atoms with E-state index in [2.05, 4.69) is 5.32 Å².